The van der Waals surface area contributed by atoms with Crippen molar-refractivity contribution in [1.29, 1.82) is 0 Å². The first-order chi connectivity index (χ1) is 15.5. The van der Waals surface area contributed by atoms with Crippen LogP contribution in [0.5, 0.6) is 5.75 Å². The van der Waals surface area contributed by atoms with Gasteiger partial charge in [-0.2, -0.15) is 0 Å². The third kappa shape index (κ3) is 3.78. The van der Waals surface area contributed by atoms with Crippen LogP contribution >= 0.6 is 0 Å². The average Bonchev–Trinajstić information content (AvgIpc) is 3.15. The van der Waals surface area contributed by atoms with Crippen molar-refractivity contribution in [2.45, 2.75) is 77.4 Å². The fraction of sp³-hybridized carbons (Fsp3) is 0.586. The SMILES string of the molecule is C[C@]12CC[C@@H]3c4ccc(OCc5ccccc5)cc4CC[C@@]3(C)[C@@H]1CC[C@@H]2OCCCO. The van der Waals surface area contributed by atoms with Crippen molar-refractivity contribution >= 4 is 0 Å². The number of aryl methyl sites for hydroxylation is 1. The van der Waals surface area contributed by atoms with Gasteiger partial charge in [-0.15, -0.1) is 0 Å². The second-order valence-electron chi connectivity index (χ2n) is 10.8. The van der Waals surface area contributed by atoms with Gasteiger partial charge in [-0.05, 0) is 96.4 Å². The Kier molecular flexibility index (Phi) is 6.07. The molecule has 3 aliphatic carbocycles. The molecule has 172 valence electrons. The Morgan fingerprint density at radius 2 is 1.81 bits per heavy atom. The standard InChI is InChI=1S/C29H38O3/c1-28-15-13-22-19-23(32-20-21-7-4-3-5-8-21)9-10-24(22)25(28)14-16-29(2)26(28)11-12-27(29)31-18-6-17-30/h3-5,7-10,19,25-27,30H,6,11-18,20H2,1-2H3/t25-,26+,27+,28-,29+/m1/s1. The summed E-state index contributed by atoms with van der Waals surface area (Å²) in [5, 5.41) is 9.15. The molecule has 3 nitrogen and oxygen atoms in total. The molecule has 3 heteroatoms. The van der Waals surface area contributed by atoms with Crippen molar-refractivity contribution in [1.82, 2.24) is 0 Å². The number of rotatable bonds is 7. The molecule has 0 aliphatic heterocycles. The highest BCUT2D eigenvalue weighted by Crippen LogP contribution is 2.67. The van der Waals surface area contributed by atoms with Crippen molar-refractivity contribution in [3.63, 3.8) is 0 Å². The highest BCUT2D eigenvalue weighted by molar-refractivity contribution is 5.42. The molecule has 1 N–H and O–H groups in total. The summed E-state index contributed by atoms with van der Waals surface area (Å²) < 4.78 is 12.4. The second kappa shape index (κ2) is 8.83. The number of aliphatic hydroxyl groups is 1. The molecule has 0 spiro atoms. The zero-order valence-corrected chi connectivity index (χ0v) is 19.7. The monoisotopic (exact) mass is 434 g/mol. The lowest BCUT2D eigenvalue weighted by Gasteiger charge is -2.57. The highest BCUT2D eigenvalue weighted by atomic mass is 16.5. The number of hydrogen-bond donors (Lipinski definition) is 1. The molecule has 2 aromatic carbocycles. The van der Waals surface area contributed by atoms with Crippen molar-refractivity contribution in [2.75, 3.05) is 13.2 Å². The highest BCUT2D eigenvalue weighted by Gasteiger charge is 2.60. The minimum atomic E-state index is 0.223. The molecule has 32 heavy (non-hydrogen) atoms. The average molecular weight is 435 g/mol. The Labute approximate surface area is 193 Å². The van der Waals surface area contributed by atoms with Crippen molar-refractivity contribution in [3.05, 3.63) is 65.2 Å². The summed E-state index contributed by atoms with van der Waals surface area (Å²) in [4.78, 5) is 0. The first-order valence-electron chi connectivity index (χ1n) is 12.6. The summed E-state index contributed by atoms with van der Waals surface area (Å²) in [5.41, 5.74) is 4.90. The summed E-state index contributed by atoms with van der Waals surface area (Å²) in [6, 6.07) is 17.3. The van der Waals surface area contributed by atoms with E-state index in [0.29, 0.717) is 30.7 Å². The normalized spacial score (nSPS) is 33.3. The van der Waals surface area contributed by atoms with E-state index in [0.717, 1.165) is 24.5 Å². The van der Waals surface area contributed by atoms with Crippen LogP contribution in [-0.4, -0.2) is 24.4 Å². The van der Waals surface area contributed by atoms with E-state index in [9.17, 15) is 0 Å². The minimum Gasteiger partial charge on any atom is -0.489 e. The number of fused-ring (bicyclic) bond motifs is 5. The summed E-state index contributed by atoms with van der Waals surface area (Å²) in [7, 11) is 0. The maximum atomic E-state index is 9.15. The van der Waals surface area contributed by atoms with Crippen molar-refractivity contribution in [2.24, 2.45) is 16.7 Å². The molecule has 2 aromatic rings. The molecule has 0 radical (unpaired) electrons. The van der Waals surface area contributed by atoms with Crippen LogP contribution in [-0.2, 0) is 17.8 Å². The molecular formula is C29H38O3. The maximum absolute atomic E-state index is 9.15. The lowest BCUT2D eigenvalue weighted by molar-refractivity contribution is -0.0938. The van der Waals surface area contributed by atoms with Gasteiger partial charge in [0.15, 0.2) is 0 Å². The summed E-state index contributed by atoms with van der Waals surface area (Å²) in [5.74, 6) is 2.36. The predicted octanol–water partition coefficient (Wildman–Crippen LogP) is 6.28. The fourth-order valence-corrected chi connectivity index (χ4v) is 7.44. The molecule has 3 aliphatic rings. The van der Waals surface area contributed by atoms with Gasteiger partial charge < -0.3 is 14.6 Å². The van der Waals surface area contributed by atoms with Gasteiger partial charge in [-0.25, -0.2) is 0 Å². The number of benzene rings is 2. The van der Waals surface area contributed by atoms with E-state index in [-0.39, 0.29) is 12.0 Å². The second-order valence-corrected chi connectivity index (χ2v) is 10.8. The van der Waals surface area contributed by atoms with Crippen LogP contribution in [0.2, 0.25) is 0 Å². The van der Waals surface area contributed by atoms with Gasteiger partial charge in [0.05, 0.1) is 6.10 Å². The van der Waals surface area contributed by atoms with Crippen LogP contribution in [0.15, 0.2) is 48.5 Å². The van der Waals surface area contributed by atoms with E-state index in [1.165, 1.54) is 43.2 Å². The van der Waals surface area contributed by atoms with Gasteiger partial charge in [0, 0.05) is 13.2 Å². The summed E-state index contributed by atoms with van der Waals surface area (Å²) in [6.45, 7) is 6.60. The molecular weight excluding hydrogens is 396 g/mol. The van der Waals surface area contributed by atoms with Gasteiger partial charge in [0.1, 0.15) is 12.4 Å². The van der Waals surface area contributed by atoms with Gasteiger partial charge in [-0.1, -0.05) is 50.2 Å². The summed E-state index contributed by atoms with van der Waals surface area (Å²) in [6.07, 6.45) is 8.46. The first-order valence-corrected chi connectivity index (χ1v) is 12.6. The lowest BCUT2D eigenvalue weighted by Crippen LogP contribution is -2.50. The Morgan fingerprint density at radius 3 is 2.62 bits per heavy atom. The van der Waals surface area contributed by atoms with Crippen LogP contribution < -0.4 is 4.74 Å². The quantitative estimate of drug-likeness (QED) is 0.521. The fourth-order valence-electron chi connectivity index (χ4n) is 7.44. The van der Waals surface area contributed by atoms with E-state index in [2.05, 4.69) is 56.3 Å². The molecule has 2 saturated carbocycles. The van der Waals surface area contributed by atoms with Gasteiger partial charge in [0.25, 0.3) is 0 Å². The smallest absolute Gasteiger partial charge is 0.120 e. The minimum absolute atomic E-state index is 0.223. The maximum Gasteiger partial charge on any atom is 0.120 e. The van der Waals surface area contributed by atoms with E-state index >= 15 is 0 Å². The predicted molar refractivity (Wildman–Crippen MR) is 128 cm³/mol. The molecule has 0 aromatic heterocycles. The van der Waals surface area contributed by atoms with Crippen LogP contribution in [0.4, 0.5) is 0 Å². The first kappa shape index (κ1) is 22.0. The topological polar surface area (TPSA) is 38.7 Å². The molecule has 0 heterocycles. The molecule has 5 rings (SSSR count). The lowest BCUT2D eigenvalue weighted by atomic mass is 9.48. The van der Waals surface area contributed by atoms with Crippen LogP contribution in [0.1, 0.15) is 75.0 Å². The van der Waals surface area contributed by atoms with Crippen LogP contribution in [0, 0.1) is 16.7 Å². The summed E-state index contributed by atoms with van der Waals surface area (Å²) >= 11 is 0. The van der Waals surface area contributed by atoms with Crippen molar-refractivity contribution in [3.8, 4) is 5.75 Å². The van der Waals surface area contributed by atoms with E-state index < -0.39 is 0 Å². The van der Waals surface area contributed by atoms with Gasteiger partial charge in [0.2, 0.25) is 0 Å². The zero-order chi connectivity index (χ0) is 22.2. The van der Waals surface area contributed by atoms with E-state index in [1.54, 1.807) is 5.56 Å². The Morgan fingerprint density at radius 1 is 0.969 bits per heavy atom. The molecule has 2 fully saturated rings. The van der Waals surface area contributed by atoms with Crippen molar-refractivity contribution < 1.29 is 14.6 Å². The number of aliphatic hydroxyl groups excluding tert-OH is 1. The molecule has 0 bridgehead atoms. The molecule has 0 amide bonds. The van der Waals surface area contributed by atoms with Crippen LogP contribution in [0.3, 0.4) is 0 Å². The molecule has 5 atom stereocenters. The zero-order valence-electron chi connectivity index (χ0n) is 19.7. The molecule has 0 unspecified atom stereocenters. The van der Waals surface area contributed by atoms with Crippen LogP contribution in [0.25, 0.3) is 0 Å². The molecule has 0 saturated heterocycles. The third-order valence-electron chi connectivity index (χ3n) is 9.11. The van der Waals surface area contributed by atoms with E-state index in [1.807, 2.05) is 6.07 Å². The Hall–Kier alpha value is -1.84. The van der Waals surface area contributed by atoms with Gasteiger partial charge >= 0.3 is 0 Å². The third-order valence-corrected chi connectivity index (χ3v) is 9.11. The largest absolute Gasteiger partial charge is 0.489 e. The Bertz CT molecular complexity index is 925. The van der Waals surface area contributed by atoms with Gasteiger partial charge in [-0.3, -0.25) is 0 Å². The Balaban J connectivity index is 1.32. The number of hydrogen-bond acceptors (Lipinski definition) is 3. The number of ether oxygens (including phenoxy) is 2. The van der Waals surface area contributed by atoms with E-state index in [4.69, 9.17) is 14.6 Å².